The molecule has 0 saturated heterocycles. The van der Waals surface area contributed by atoms with Gasteiger partial charge in [0.1, 0.15) is 19.3 Å². The molecule has 2 atom stereocenters. The highest BCUT2D eigenvalue weighted by molar-refractivity contribution is 5.85. The standard InChI is InChI=1S/C15H21N2O5/c1-5-12-9-22-14-7-16-11(8-21-10(2)18)6-13(14)17(12,3)15(19)20-4/h6-7,12H,5,8-9H2,1-4H3/q+1. The molecule has 0 aromatic carbocycles. The SMILES string of the molecule is CCC1COc2cnc(COC(C)=O)cc2[N+]1(C)C(=O)OC. The van der Waals surface area contributed by atoms with Crippen molar-refractivity contribution in [1.82, 2.24) is 9.47 Å². The van der Waals surface area contributed by atoms with Crippen molar-refractivity contribution in [3.8, 4) is 5.75 Å². The van der Waals surface area contributed by atoms with E-state index in [1.807, 2.05) is 6.92 Å². The minimum atomic E-state index is -0.382. The van der Waals surface area contributed by atoms with Crippen molar-refractivity contribution in [1.29, 1.82) is 0 Å². The topological polar surface area (TPSA) is 74.7 Å². The summed E-state index contributed by atoms with van der Waals surface area (Å²) in [5.74, 6) is 0.164. The molecule has 0 radical (unpaired) electrons. The third-order valence-electron chi connectivity index (χ3n) is 4.01. The number of hydrogen-bond donors (Lipinski definition) is 0. The zero-order valence-electron chi connectivity index (χ0n) is 13.3. The molecular formula is C15H21N2O5+. The number of quaternary nitrogens is 1. The third-order valence-corrected chi connectivity index (χ3v) is 4.01. The van der Waals surface area contributed by atoms with Crippen LogP contribution in [0.2, 0.25) is 0 Å². The van der Waals surface area contributed by atoms with Crippen molar-refractivity contribution in [2.45, 2.75) is 32.9 Å². The van der Waals surface area contributed by atoms with Crippen LogP contribution in [-0.2, 0) is 20.9 Å². The van der Waals surface area contributed by atoms with Gasteiger partial charge in [0.15, 0.2) is 11.4 Å². The molecular weight excluding hydrogens is 288 g/mol. The van der Waals surface area contributed by atoms with E-state index in [-0.39, 0.29) is 29.2 Å². The summed E-state index contributed by atoms with van der Waals surface area (Å²) >= 11 is 0. The highest BCUT2D eigenvalue weighted by Crippen LogP contribution is 2.40. The lowest BCUT2D eigenvalue weighted by atomic mass is 10.1. The monoisotopic (exact) mass is 309 g/mol. The molecule has 2 rings (SSSR count). The molecule has 0 fully saturated rings. The highest BCUT2D eigenvalue weighted by atomic mass is 16.6. The Morgan fingerprint density at radius 1 is 1.50 bits per heavy atom. The summed E-state index contributed by atoms with van der Waals surface area (Å²) in [7, 11) is 3.17. The van der Waals surface area contributed by atoms with Gasteiger partial charge in [-0.25, -0.2) is 0 Å². The second-order valence-electron chi connectivity index (χ2n) is 5.34. The van der Waals surface area contributed by atoms with Gasteiger partial charge in [-0.05, 0) is 0 Å². The summed E-state index contributed by atoms with van der Waals surface area (Å²) in [6.45, 7) is 3.81. The van der Waals surface area contributed by atoms with Gasteiger partial charge in [-0.3, -0.25) is 9.78 Å². The van der Waals surface area contributed by atoms with Crippen LogP contribution in [0.25, 0.3) is 0 Å². The van der Waals surface area contributed by atoms with Gasteiger partial charge in [-0.2, -0.15) is 9.28 Å². The molecule has 1 aromatic rings. The van der Waals surface area contributed by atoms with Crippen molar-refractivity contribution < 1.29 is 23.8 Å². The molecule has 7 nitrogen and oxygen atoms in total. The number of pyridine rings is 1. The molecule has 0 aliphatic carbocycles. The molecule has 0 saturated carbocycles. The van der Waals surface area contributed by atoms with Gasteiger partial charge in [0, 0.05) is 19.4 Å². The number of carbonyl (C=O) groups excluding carboxylic acids is 2. The van der Waals surface area contributed by atoms with Crippen LogP contribution in [0.1, 0.15) is 26.0 Å². The van der Waals surface area contributed by atoms with Crippen molar-refractivity contribution in [3.63, 3.8) is 0 Å². The van der Waals surface area contributed by atoms with Crippen LogP contribution in [0.15, 0.2) is 12.3 Å². The van der Waals surface area contributed by atoms with E-state index in [4.69, 9.17) is 14.2 Å². The molecule has 2 heterocycles. The minimum absolute atomic E-state index is 0.0159. The molecule has 120 valence electrons. The largest absolute Gasteiger partial charge is 0.521 e. The lowest BCUT2D eigenvalue weighted by Crippen LogP contribution is -2.61. The Morgan fingerprint density at radius 2 is 2.23 bits per heavy atom. The molecule has 7 heteroatoms. The maximum atomic E-state index is 12.4. The molecule has 1 amide bonds. The molecule has 2 unspecified atom stereocenters. The van der Waals surface area contributed by atoms with Gasteiger partial charge in [-0.15, -0.1) is 0 Å². The average molecular weight is 309 g/mol. The molecule has 1 aliphatic rings. The fourth-order valence-electron chi connectivity index (χ4n) is 2.65. The van der Waals surface area contributed by atoms with Crippen LogP contribution < -0.4 is 9.22 Å². The minimum Gasteiger partial charge on any atom is -0.480 e. The Bertz CT molecular complexity index is 589. The highest BCUT2D eigenvalue weighted by Gasteiger charge is 2.48. The fourth-order valence-corrected chi connectivity index (χ4v) is 2.65. The lowest BCUT2D eigenvalue weighted by molar-refractivity contribution is -0.142. The van der Waals surface area contributed by atoms with E-state index >= 15 is 0 Å². The second kappa shape index (κ2) is 6.31. The van der Waals surface area contributed by atoms with E-state index in [2.05, 4.69) is 4.98 Å². The molecule has 0 N–H and O–H groups in total. The van der Waals surface area contributed by atoms with Crippen molar-refractivity contribution in [2.24, 2.45) is 0 Å². The number of amides is 1. The number of rotatable bonds is 3. The number of hydrogen-bond acceptors (Lipinski definition) is 6. The quantitative estimate of drug-likeness (QED) is 0.628. The van der Waals surface area contributed by atoms with Gasteiger partial charge in [0.2, 0.25) is 0 Å². The fraction of sp³-hybridized carbons (Fsp3) is 0.533. The number of fused-ring (bicyclic) bond motifs is 1. The van der Waals surface area contributed by atoms with E-state index in [0.29, 0.717) is 23.7 Å². The zero-order valence-corrected chi connectivity index (χ0v) is 13.3. The van der Waals surface area contributed by atoms with E-state index in [0.717, 1.165) is 6.42 Å². The number of methoxy groups -OCH3 is 1. The van der Waals surface area contributed by atoms with E-state index in [9.17, 15) is 9.59 Å². The Kier molecular flexibility index (Phi) is 4.65. The Balaban J connectivity index is 2.45. The lowest BCUT2D eigenvalue weighted by Gasteiger charge is -2.40. The maximum absolute atomic E-state index is 12.4. The van der Waals surface area contributed by atoms with Crippen molar-refractivity contribution in [3.05, 3.63) is 18.0 Å². The zero-order chi connectivity index (χ0) is 16.3. The first-order chi connectivity index (χ1) is 10.4. The van der Waals surface area contributed by atoms with Crippen molar-refractivity contribution >= 4 is 17.7 Å². The van der Waals surface area contributed by atoms with Gasteiger partial charge in [0.05, 0.1) is 26.0 Å². The van der Waals surface area contributed by atoms with Crippen LogP contribution in [0.5, 0.6) is 5.75 Å². The summed E-state index contributed by atoms with van der Waals surface area (Å²) in [5, 5.41) is 0. The molecule has 0 bridgehead atoms. The molecule has 22 heavy (non-hydrogen) atoms. The smallest absolute Gasteiger partial charge is 0.480 e. The first-order valence-electron chi connectivity index (χ1n) is 7.13. The van der Waals surface area contributed by atoms with E-state index in [1.54, 1.807) is 19.3 Å². The summed E-state index contributed by atoms with van der Waals surface area (Å²) in [4.78, 5) is 27.5. The van der Waals surface area contributed by atoms with Crippen LogP contribution in [0.4, 0.5) is 10.5 Å². The number of carbonyl (C=O) groups is 2. The summed E-state index contributed by atoms with van der Waals surface area (Å²) in [5.41, 5.74) is 1.23. The number of likely N-dealkylation sites (N-methyl/N-ethyl adjacent to an activating group) is 1. The Hall–Kier alpha value is -2.15. The van der Waals surface area contributed by atoms with Gasteiger partial charge in [0.25, 0.3) is 0 Å². The van der Waals surface area contributed by atoms with E-state index < -0.39 is 0 Å². The van der Waals surface area contributed by atoms with Crippen LogP contribution in [0.3, 0.4) is 0 Å². The van der Waals surface area contributed by atoms with Crippen molar-refractivity contribution in [2.75, 3.05) is 20.8 Å². The average Bonchev–Trinajstić information content (AvgIpc) is 2.52. The molecule has 1 aliphatic heterocycles. The number of ether oxygens (including phenoxy) is 3. The summed E-state index contributed by atoms with van der Waals surface area (Å²) in [6.07, 6.45) is 1.95. The number of esters is 1. The maximum Gasteiger partial charge on any atom is 0.521 e. The van der Waals surface area contributed by atoms with Crippen LogP contribution >= 0.6 is 0 Å². The molecule has 1 aromatic heterocycles. The van der Waals surface area contributed by atoms with E-state index in [1.165, 1.54) is 14.0 Å². The molecule has 0 spiro atoms. The second-order valence-corrected chi connectivity index (χ2v) is 5.34. The number of aromatic nitrogens is 1. The number of nitrogens with zero attached hydrogens (tertiary/aromatic N) is 2. The Morgan fingerprint density at radius 3 is 2.82 bits per heavy atom. The summed E-state index contributed by atoms with van der Waals surface area (Å²) in [6, 6.07) is 1.68. The normalized spacial score (nSPS) is 23.2. The first-order valence-corrected chi connectivity index (χ1v) is 7.13. The third kappa shape index (κ3) is 2.76. The van der Waals surface area contributed by atoms with Gasteiger partial charge >= 0.3 is 12.1 Å². The van der Waals surface area contributed by atoms with Crippen LogP contribution in [0, 0.1) is 0 Å². The Labute approximate surface area is 129 Å². The van der Waals surface area contributed by atoms with Gasteiger partial charge < -0.3 is 14.2 Å². The summed E-state index contributed by atoms with van der Waals surface area (Å²) < 4.78 is 15.6. The van der Waals surface area contributed by atoms with Gasteiger partial charge in [-0.1, -0.05) is 6.92 Å². The van der Waals surface area contributed by atoms with Crippen LogP contribution in [-0.4, -0.2) is 43.9 Å². The predicted molar refractivity (Wildman–Crippen MR) is 79.4 cm³/mol. The predicted octanol–water partition coefficient (Wildman–Crippen LogP) is 2.02. The first kappa shape index (κ1) is 16.2.